The molecule has 0 radical (unpaired) electrons. The lowest BCUT2D eigenvalue weighted by Gasteiger charge is -2.38. The highest BCUT2D eigenvalue weighted by Gasteiger charge is 2.60. The molecular formula is C28H24N2O5. The minimum absolute atomic E-state index is 0.191. The number of ether oxygens (including phenoxy) is 2. The third kappa shape index (κ3) is 3.56. The van der Waals surface area contributed by atoms with Gasteiger partial charge in [0.15, 0.2) is 16.9 Å². The highest BCUT2D eigenvalue weighted by atomic mass is 16.6. The van der Waals surface area contributed by atoms with Crippen LogP contribution < -0.4 is 5.73 Å². The van der Waals surface area contributed by atoms with Crippen LogP contribution in [0.15, 0.2) is 103 Å². The molecule has 0 saturated heterocycles. The van der Waals surface area contributed by atoms with Gasteiger partial charge in [-0.3, -0.25) is 14.9 Å². The zero-order valence-corrected chi connectivity index (χ0v) is 19.1. The summed E-state index contributed by atoms with van der Waals surface area (Å²) in [5.74, 6) is -1.03. The minimum Gasteiger partial charge on any atom is -0.493 e. The number of carbonyl (C=O) groups excluding carboxylic acids is 1. The number of rotatable bonds is 7. The van der Waals surface area contributed by atoms with Crippen molar-refractivity contribution in [2.45, 2.75) is 18.6 Å². The van der Waals surface area contributed by atoms with Crippen LogP contribution >= 0.6 is 0 Å². The van der Waals surface area contributed by atoms with E-state index in [0.29, 0.717) is 0 Å². The van der Waals surface area contributed by atoms with Gasteiger partial charge in [0, 0.05) is 16.9 Å². The molecule has 0 spiro atoms. The van der Waals surface area contributed by atoms with Crippen LogP contribution in [0, 0.1) is 15.5 Å². The maximum atomic E-state index is 13.3. The van der Waals surface area contributed by atoms with Crippen LogP contribution in [0.1, 0.15) is 22.6 Å². The molecule has 35 heavy (non-hydrogen) atoms. The van der Waals surface area contributed by atoms with E-state index >= 15 is 0 Å². The third-order valence-corrected chi connectivity index (χ3v) is 6.83. The van der Waals surface area contributed by atoms with Crippen molar-refractivity contribution in [3.8, 4) is 11.1 Å². The van der Waals surface area contributed by atoms with Crippen LogP contribution in [0.4, 0.5) is 0 Å². The second kappa shape index (κ2) is 8.76. The number of benzene rings is 3. The van der Waals surface area contributed by atoms with E-state index in [-0.39, 0.29) is 18.1 Å². The van der Waals surface area contributed by atoms with Gasteiger partial charge in [-0.1, -0.05) is 78.9 Å². The molecule has 3 aromatic carbocycles. The van der Waals surface area contributed by atoms with Gasteiger partial charge in [-0.2, -0.15) is 0 Å². The topological polar surface area (TPSA) is 105 Å². The van der Waals surface area contributed by atoms with Crippen LogP contribution in [0.3, 0.4) is 0 Å². The van der Waals surface area contributed by atoms with E-state index in [9.17, 15) is 14.9 Å². The Hall–Kier alpha value is -4.39. The van der Waals surface area contributed by atoms with E-state index in [1.807, 2.05) is 78.9 Å². The number of methoxy groups -OCH3 is 1. The molecule has 2 N–H and O–H groups in total. The Morgan fingerprint density at radius 1 is 0.943 bits per heavy atom. The monoisotopic (exact) mass is 468 g/mol. The molecule has 2 aliphatic rings. The molecule has 2 aliphatic carbocycles. The Balaban J connectivity index is 1.66. The molecule has 2 unspecified atom stereocenters. The second-order valence-corrected chi connectivity index (χ2v) is 8.65. The first-order valence-electron chi connectivity index (χ1n) is 11.2. The molecule has 0 bridgehead atoms. The number of hydrogen-bond donors (Lipinski definition) is 1. The average molecular weight is 469 g/mol. The van der Waals surface area contributed by atoms with E-state index in [0.717, 1.165) is 27.8 Å². The number of nitrogens with zero attached hydrogens (tertiary/aromatic N) is 1. The largest absolute Gasteiger partial charge is 0.493 e. The Labute approximate surface area is 202 Å². The standard InChI is InChI=1S/C28H24N2O5/c1-34-24-16-28(27(29)31,25(30(32)33)15-23(24)35-17-18-9-3-2-4-10-18)26-21-13-7-5-11-19(21)20-12-6-8-14-22(20)26/h2-16,25-26H,17H2,1H3,(H2,29,31). The quantitative estimate of drug-likeness (QED) is 0.404. The predicted octanol–water partition coefficient (Wildman–Crippen LogP) is 4.56. The van der Waals surface area contributed by atoms with Crippen LogP contribution in [0.25, 0.3) is 11.1 Å². The van der Waals surface area contributed by atoms with Gasteiger partial charge in [0.25, 0.3) is 6.04 Å². The summed E-state index contributed by atoms with van der Waals surface area (Å²) in [6.07, 6.45) is 2.85. The number of nitrogens with two attached hydrogens (primary N) is 1. The van der Waals surface area contributed by atoms with Crippen molar-refractivity contribution in [3.05, 3.63) is 129 Å². The van der Waals surface area contributed by atoms with Gasteiger partial charge in [0.2, 0.25) is 5.91 Å². The van der Waals surface area contributed by atoms with E-state index in [1.165, 1.54) is 19.3 Å². The summed E-state index contributed by atoms with van der Waals surface area (Å²) in [6, 6.07) is 23.2. The Kier molecular flexibility index (Phi) is 5.61. The van der Waals surface area contributed by atoms with Crippen molar-refractivity contribution < 1.29 is 19.2 Å². The zero-order valence-electron chi connectivity index (χ0n) is 19.1. The normalized spacial score (nSPS) is 20.8. The Bertz CT molecular complexity index is 1320. The number of fused-ring (bicyclic) bond motifs is 3. The molecule has 7 nitrogen and oxygen atoms in total. The maximum absolute atomic E-state index is 13.3. The van der Waals surface area contributed by atoms with Gasteiger partial charge in [-0.05, 0) is 33.9 Å². The van der Waals surface area contributed by atoms with Crippen molar-refractivity contribution >= 4 is 5.91 Å². The SMILES string of the molecule is COC1=CC(C(N)=O)(C2c3ccccc3-c3ccccc32)C([N+](=O)[O-])C=C1OCc1ccccc1. The van der Waals surface area contributed by atoms with E-state index in [2.05, 4.69) is 0 Å². The van der Waals surface area contributed by atoms with Gasteiger partial charge >= 0.3 is 0 Å². The third-order valence-electron chi connectivity index (χ3n) is 6.83. The van der Waals surface area contributed by atoms with E-state index in [1.54, 1.807) is 0 Å². The van der Waals surface area contributed by atoms with Crippen LogP contribution in [-0.4, -0.2) is 24.0 Å². The molecule has 2 atom stereocenters. The Morgan fingerprint density at radius 2 is 1.51 bits per heavy atom. The number of hydrogen-bond acceptors (Lipinski definition) is 5. The van der Waals surface area contributed by atoms with Gasteiger partial charge in [-0.15, -0.1) is 0 Å². The van der Waals surface area contributed by atoms with Crippen molar-refractivity contribution in [1.82, 2.24) is 0 Å². The number of amides is 1. The molecule has 7 heteroatoms. The van der Waals surface area contributed by atoms with Crippen LogP contribution in [0.2, 0.25) is 0 Å². The fourth-order valence-electron chi connectivity index (χ4n) is 5.27. The predicted molar refractivity (Wildman–Crippen MR) is 131 cm³/mol. The van der Waals surface area contributed by atoms with Gasteiger partial charge in [-0.25, -0.2) is 0 Å². The smallest absolute Gasteiger partial charge is 0.254 e. The zero-order chi connectivity index (χ0) is 24.6. The molecule has 176 valence electrons. The minimum atomic E-state index is -1.71. The summed E-state index contributed by atoms with van der Waals surface area (Å²) in [6.45, 7) is 0.191. The summed E-state index contributed by atoms with van der Waals surface area (Å²) in [5, 5.41) is 12.5. The van der Waals surface area contributed by atoms with Crippen molar-refractivity contribution in [3.63, 3.8) is 0 Å². The molecule has 0 aromatic heterocycles. The van der Waals surface area contributed by atoms with Gasteiger partial charge in [0.1, 0.15) is 6.61 Å². The number of carbonyl (C=O) groups is 1. The number of nitro groups is 1. The highest BCUT2D eigenvalue weighted by Crippen LogP contribution is 2.56. The van der Waals surface area contributed by atoms with Crippen molar-refractivity contribution in [2.75, 3.05) is 7.11 Å². The Morgan fingerprint density at radius 3 is 2.06 bits per heavy atom. The summed E-state index contributed by atoms with van der Waals surface area (Å²) >= 11 is 0. The van der Waals surface area contributed by atoms with Crippen molar-refractivity contribution in [1.29, 1.82) is 0 Å². The average Bonchev–Trinajstić information content (AvgIpc) is 3.22. The molecule has 0 saturated carbocycles. The first-order chi connectivity index (χ1) is 17.0. The number of primary amides is 1. The fourth-order valence-corrected chi connectivity index (χ4v) is 5.27. The lowest BCUT2D eigenvalue weighted by Crippen LogP contribution is -2.53. The molecule has 5 rings (SSSR count). The molecule has 3 aromatic rings. The summed E-state index contributed by atoms with van der Waals surface area (Å²) in [4.78, 5) is 25.3. The molecule has 0 heterocycles. The fraction of sp³-hybridized carbons (Fsp3) is 0.179. The molecular weight excluding hydrogens is 444 g/mol. The maximum Gasteiger partial charge on any atom is 0.254 e. The second-order valence-electron chi connectivity index (χ2n) is 8.65. The van der Waals surface area contributed by atoms with Gasteiger partial charge in [0.05, 0.1) is 7.11 Å². The highest BCUT2D eigenvalue weighted by molar-refractivity contribution is 5.91. The molecule has 1 amide bonds. The van der Waals surface area contributed by atoms with Crippen LogP contribution in [0.5, 0.6) is 0 Å². The molecule has 0 fully saturated rings. The van der Waals surface area contributed by atoms with E-state index < -0.39 is 28.2 Å². The first-order valence-corrected chi connectivity index (χ1v) is 11.2. The summed E-state index contributed by atoms with van der Waals surface area (Å²) < 4.78 is 11.5. The van der Waals surface area contributed by atoms with Gasteiger partial charge < -0.3 is 15.2 Å². The summed E-state index contributed by atoms with van der Waals surface area (Å²) in [5.41, 5.74) is 8.71. The van der Waals surface area contributed by atoms with Crippen molar-refractivity contribution in [2.24, 2.45) is 11.1 Å². The van der Waals surface area contributed by atoms with E-state index in [4.69, 9.17) is 15.2 Å². The summed E-state index contributed by atoms with van der Waals surface area (Å²) in [7, 11) is 1.44. The lowest BCUT2D eigenvalue weighted by molar-refractivity contribution is -0.523. The van der Waals surface area contributed by atoms with Crippen LogP contribution in [-0.2, 0) is 20.9 Å². The first kappa shape index (κ1) is 22.4. The lowest BCUT2D eigenvalue weighted by atomic mass is 9.63. The molecule has 0 aliphatic heterocycles.